The van der Waals surface area contributed by atoms with Crippen LogP contribution < -0.4 is 0 Å². The molecule has 1 N–H and O–H groups in total. The molecule has 0 atom stereocenters. The van der Waals surface area contributed by atoms with Crippen LogP contribution in [0.5, 0.6) is 5.75 Å². The molecule has 0 aliphatic carbocycles. The number of phenolic OH excluding ortho intramolecular Hbond substituents is 1. The quantitative estimate of drug-likeness (QED) is 0.830. The number of rotatable bonds is 6. The maximum Gasteiger partial charge on any atom is 0.137 e. The molecule has 23 heavy (non-hydrogen) atoms. The van der Waals surface area contributed by atoms with Crippen molar-refractivity contribution in [3.05, 3.63) is 65.2 Å². The smallest absolute Gasteiger partial charge is 0.137 e. The molecule has 2 aromatic rings. The molecule has 0 aromatic heterocycles. The molecule has 0 fully saturated rings. The summed E-state index contributed by atoms with van der Waals surface area (Å²) in [6.45, 7) is 6.64. The zero-order chi connectivity index (χ0) is 16.9. The van der Waals surface area contributed by atoms with Gasteiger partial charge in [0, 0.05) is 12.8 Å². The van der Waals surface area contributed by atoms with E-state index in [1.807, 2.05) is 0 Å². The average molecular weight is 310 g/mol. The van der Waals surface area contributed by atoms with Gasteiger partial charge in [0.1, 0.15) is 11.5 Å². The minimum atomic E-state index is 0.179. The van der Waals surface area contributed by atoms with Crippen molar-refractivity contribution in [3.63, 3.8) is 0 Å². The van der Waals surface area contributed by atoms with E-state index in [1.54, 1.807) is 24.3 Å². The Kier molecular flexibility index (Phi) is 5.59. The SMILES string of the molecule is CC(C)(C)c1ccc(CCCC(=O)Cc2ccc(O)cc2)cc1. The number of aryl methyl sites for hydroxylation is 1. The molecule has 0 amide bonds. The molecule has 0 unspecified atom stereocenters. The first-order chi connectivity index (χ1) is 10.8. The van der Waals surface area contributed by atoms with Crippen LogP contribution in [0.15, 0.2) is 48.5 Å². The Morgan fingerprint density at radius 3 is 2.04 bits per heavy atom. The van der Waals surface area contributed by atoms with Crippen molar-refractivity contribution in [2.45, 2.75) is 51.9 Å². The third-order valence-corrected chi connectivity index (χ3v) is 4.08. The molecule has 0 radical (unpaired) electrons. The van der Waals surface area contributed by atoms with Crippen molar-refractivity contribution in [2.24, 2.45) is 0 Å². The van der Waals surface area contributed by atoms with Crippen molar-refractivity contribution in [3.8, 4) is 5.75 Å². The van der Waals surface area contributed by atoms with Gasteiger partial charge in [-0.05, 0) is 47.1 Å². The molecule has 2 heteroatoms. The maximum absolute atomic E-state index is 12.0. The van der Waals surface area contributed by atoms with E-state index in [-0.39, 0.29) is 16.9 Å². The highest BCUT2D eigenvalue weighted by Gasteiger charge is 2.12. The monoisotopic (exact) mass is 310 g/mol. The van der Waals surface area contributed by atoms with E-state index in [0.717, 1.165) is 18.4 Å². The minimum Gasteiger partial charge on any atom is -0.508 e. The normalized spacial score (nSPS) is 11.4. The summed E-state index contributed by atoms with van der Waals surface area (Å²) in [7, 11) is 0. The third kappa shape index (κ3) is 5.55. The van der Waals surface area contributed by atoms with Gasteiger partial charge in [0.2, 0.25) is 0 Å². The average Bonchev–Trinajstić information content (AvgIpc) is 2.49. The standard InChI is InChI=1S/C21H26O2/c1-21(2,3)18-11-7-16(8-12-18)5-4-6-20(23)15-17-9-13-19(22)14-10-17/h7-14,22H,4-6,15H2,1-3H3. The summed E-state index contributed by atoms with van der Waals surface area (Å²) in [5.74, 6) is 0.488. The zero-order valence-electron chi connectivity index (χ0n) is 14.3. The molecule has 122 valence electrons. The van der Waals surface area contributed by atoms with Gasteiger partial charge in [0.15, 0.2) is 0 Å². The molecule has 2 nitrogen and oxygen atoms in total. The molecule has 0 saturated heterocycles. The summed E-state index contributed by atoms with van der Waals surface area (Å²) in [5, 5.41) is 9.24. The number of hydrogen-bond acceptors (Lipinski definition) is 2. The fourth-order valence-corrected chi connectivity index (χ4v) is 2.59. The number of benzene rings is 2. The van der Waals surface area contributed by atoms with E-state index in [4.69, 9.17) is 0 Å². The third-order valence-electron chi connectivity index (χ3n) is 4.08. The van der Waals surface area contributed by atoms with Crippen molar-refractivity contribution >= 4 is 5.78 Å². The molecular formula is C21H26O2. The summed E-state index contributed by atoms with van der Waals surface area (Å²) < 4.78 is 0. The van der Waals surface area contributed by atoms with Gasteiger partial charge in [0.05, 0.1) is 0 Å². The van der Waals surface area contributed by atoms with Crippen molar-refractivity contribution in [1.29, 1.82) is 0 Å². The van der Waals surface area contributed by atoms with E-state index in [9.17, 15) is 9.90 Å². The number of aromatic hydroxyl groups is 1. The first-order valence-corrected chi connectivity index (χ1v) is 8.23. The van der Waals surface area contributed by atoms with Crippen LogP contribution >= 0.6 is 0 Å². The molecule has 0 aliphatic rings. The predicted molar refractivity (Wildman–Crippen MR) is 94.9 cm³/mol. The lowest BCUT2D eigenvalue weighted by molar-refractivity contribution is -0.118. The maximum atomic E-state index is 12.0. The summed E-state index contributed by atoms with van der Waals surface area (Å²) in [4.78, 5) is 12.0. The first-order valence-electron chi connectivity index (χ1n) is 8.23. The lowest BCUT2D eigenvalue weighted by Gasteiger charge is -2.19. The predicted octanol–water partition coefficient (Wildman–Crippen LogP) is 4.82. The Balaban J connectivity index is 1.78. The van der Waals surface area contributed by atoms with E-state index in [1.165, 1.54) is 11.1 Å². The second-order valence-electron chi connectivity index (χ2n) is 7.18. The van der Waals surface area contributed by atoms with Gasteiger partial charge in [0.25, 0.3) is 0 Å². The van der Waals surface area contributed by atoms with Crippen LogP contribution in [0.2, 0.25) is 0 Å². The number of carbonyl (C=O) groups excluding carboxylic acids is 1. The van der Waals surface area contributed by atoms with Crippen LogP contribution in [0.1, 0.15) is 50.3 Å². The largest absolute Gasteiger partial charge is 0.508 e. The highest BCUT2D eigenvalue weighted by atomic mass is 16.3. The Morgan fingerprint density at radius 2 is 1.48 bits per heavy atom. The molecule has 0 saturated carbocycles. The Bertz CT molecular complexity index is 631. The lowest BCUT2D eigenvalue weighted by Crippen LogP contribution is -2.10. The van der Waals surface area contributed by atoms with Gasteiger partial charge in [-0.25, -0.2) is 0 Å². The van der Waals surface area contributed by atoms with E-state index in [0.29, 0.717) is 12.8 Å². The van der Waals surface area contributed by atoms with Gasteiger partial charge in [-0.3, -0.25) is 4.79 Å². The van der Waals surface area contributed by atoms with Gasteiger partial charge in [-0.15, -0.1) is 0 Å². The first kappa shape index (κ1) is 17.3. The number of ketones is 1. The number of carbonyl (C=O) groups is 1. The van der Waals surface area contributed by atoms with E-state index >= 15 is 0 Å². The van der Waals surface area contributed by atoms with Gasteiger partial charge in [-0.1, -0.05) is 57.2 Å². The van der Waals surface area contributed by atoms with E-state index in [2.05, 4.69) is 45.0 Å². The van der Waals surface area contributed by atoms with Crippen molar-refractivity contribution in [2.75, 3.05) is 0 Å². The summed E-state index contributed by atoms with van der Waals surface area (Å²) >= 11 is 0. The minimum absolute atomic E-state index is 0.179. The number of Topliss-reactive ketones (excluding diaryl/α,β-unsaturated/α-hetero) is 1. The lowest BCUT2D eigenvalue weighted by atomic mass is 9.86. The number of phenols is 1. The molecule has 0 aliphatic heterocycles. The van der Waals surface area contributed by atoms with Crippen LogP contribution in [0.4, 0.5) is 0 Å². The molecule has 0 heterocycles. The van der Waals surface area contributed by atoms with Crippen LogP contribution in [-0.2, 0) is 23.1 Å². The number of hydrogen-bond donors (Lipinski definition) is 1. The summed E-state index contributed by atoms with van der Waals surface area (Å²) in [6, 6.07) is 15.6. The second kappa shape index (κ2) is 7.45. The molecule has 0 spiro atoms. The second-order valence-corrected chi connectivity index (χ2v) is 7.18. The summed E-state index contributed by atoms with van der Waals surface area (Å²) in [5.41, 5.74) is 3.76. The Morgan fingerprint density at radius 1 is 0.913 bits per heavy atom. The van der Waals surface area contributed by atoms with Crippen LogP contribution in [0, 0.1) is 0 Å². The molecule has 0 bridgehead atoms. The van der Waals surface area contributed by atoms with E-state index < -0.39 is 0 Å². The van der Waals surface area contributed by atoms with Crippen LogP contribution in [0.25, 0.3) is 0 Å². The van der Waals surface area contributed by atoms with Gasteiger partial charge < -0.3 is 5.11 Å². The fourth-order valence-electron chi connectivity index (χ4n) is 2.59. The van der Waals surface area contributed by atoms with Gasteiger partial charge in [-0.2, -0.15) is 0 Å². The molecule has 2 aromatic carbocycles. The van der Waals surface area contributed by atoms with Crippen molar-refractivity contribution < 1.29 is 9.90 Å². The Labute approximate surface area is 139 Å². The summed E-state index contributed by atoms with van der Waals surface area (Å²) in [6.07, 6.45) is 2.86. The zero-order valence-corrected chi connectivity index (χ0v) is 14.3. The molecular weight excluding hydrogens is 284 g/mol. The fraction of sp³-hybridized carbons (Fsp3) is 0.381. The topological polar surface area (TPSA) is 37.3 Å². The van der Waals surface area contributed by atoms with Crippen molar-refractivity contribution in [1.82, 2.24) is 0 Å². The van der Waals surface area contributed by atoms with Gasteiger partial charge >= 0.3 is 0 Å². The van der Waals surface area contributed by atoms with Crippen LogP contribution in [0.3, 0.4) is 0 Å². The highest BCUT2D eigenvalue weighted by molar-refractivity contribution is 5.80. The molecule has 2 rings (SSSR count). The Hall–Kier alpha value is -2.09. The van der Waals surface area contributed by atoms with Crippen LogP contribution in [-0.4, -0.2) is 10.9 Å². The highest BCUT2D eigenvalue weighted by Crippen LogP contribution is 2.22.